The number of hydrogen-bond acceptors (Lipinski definition) is 3. The fraction of sp³-hybridized carbons (Fsp3) is 0.650. The maximum atomic E-state index is 12.1. The van der Waals surface area contributed by atoms with Crippen LogP contribution in [0.3, 0.4) is 0 Å². The number of amides is 2. The Labute approximate surface area is 150 Å². The van der Waals surface area contributed by atoms with Gasteiger partial charge >= 0.3 is 6.03 Å². The predicted octanol–water partition coefficient (Wildman–Crippen LogP) is 2.90. The average molecular weight is 343 g/mol. The summed E-state index contributed by atoms with van der Waals surface area (Å²) < 4.78 is 6.02. The van der Waals surface area contributed by atoms with E-state index < -0.39 is 0 Å². The molecule has 0 spiro atoms. The van der Waals surface area contributed by atoms with Gasteiger partial charge in [0.25, 0.3) is 0 Å². The lowest BCUT2D eigenvalue weighted by Gasteiger charge is -2.27. The summed E-state index contributed by atoms with van der Waals surface area (Å²) in [7, 11) is 0. The lowest BCUT2D eigenvalue weighted by Crippen LogP contribution is -2.38. The van der Waals surface area contributed by atoms with Crippen LogP contribution in [-0.4, -0.2) is 42.7 Å². The summed E-state index contributed by atoms with van der Waals surface area (Å²) in [5.74, 6) is 1.50. The quantitative estimate of drug-likeness (QED) is 0.800. The van der Waals surface area contributed by atoms with Crippen LogP contribution in [0.2, 0.25) is 0 Å². The third-order valence-electron chi connectivity index (χ3n) is 5.69. The van der Waals surface area contributed by atoms with Crippen LogP contribution in [0.1, 0.15) is 44.1 Å². The highest BCUT2D eigenvalue weighted by Crippen LogP contribution is 2.31. The van der Waals surface area contributed by atoms with Gasteiger partial charge in [-0.05, 0) is 57.1 Å². The van der Waals surface area contributed by atoms with Gasteiger partial charge in [0.1, 0.15) is 5.75 Å². The van der Waals surface area contributed by atoms with E-state index in [2.05, 4.69) is 15.5 Å². The molecule has 136 valence electrons. The lowest BCUT2D eigenvalue weighted by molar-refractivity contribution is 0.119. The van der Waals surface area contributed by atoms with Gasteiger partial charge in [-0.15, -0.1) is 0 Å². The number of rotatable bonds is 7. The Morgan fingerprint density at radius 1 is 1.12 bits per heavy atom. The summed E-state index contributed by atoms with van der Waals surface area (Å²) >= 11 is 0. The highest BCUT2D eigenvalue weighted by atomic mass is 16.5. The van der Waals surface area contributed by atoms with E-state index >= 15 is 0 Å². The van der Waals surface area contributed by atoms with Crippen LogP contribution in [0.4, 0.5) is 4.79 Å². The number of likely N-dealkylation sites (tertiary alicyclic amines) is 1. The van der Waals surface area contributed by atoms with Crippen molar-refractivity contribution >= 4 is 6.03 Å². The minimum Gasteiger partial charge on any atom is -0.490 e. The maximum Gasteiger partial charge on any atom is 0.315 e. The minimum atomic E-state index is -0.0803. The molecule has 4 rings (SSSR count). The fourth-order valence-electron chi connectivity index (χ4n) is 3.71. The molecule has 25 heavy (non-hydrogen) atoms. The molecule has 1 saturated heterocycles. The molecule has 3 aliphatic rings. The van der Waals surface area contributed by atoms with Crippen molar-refractivity contribution in [3.63, 3.8) is 0 Å². The van der Waals surface area contributed by atoms with Crippen molar-refractivity contribution in [3.8, 4) is 5.75 Å². The van der Waals surface area contributed by atoms with Crippen molar-refractivity contribution in [2.24, 2.45) is 5.92 Å². The highest BCUT2D eigenvalue weighted by Gasteiger charge is 2.34. The van der Waals surface area contributed by atoms with E-state index in [1.807, 2.05) is 24.3 Å². The van der Waals surface area contributed by atoms with Crippen molar-refractivity contribution < 1.29 is 9.53 Å². The second kappa shape index (κ2) is 7.65. The van der Waals surface area contributed by atoms with Gasteiger partial charge in [0.15, 0.2) is 0 Å². The van der Waals surface area contributed by atoms with Crippen LogP contribution in [0.5, 0.6) is 5.75 Å². The molecule has 0 radical (unpaired) electrons. The van der Waals surface area contributed by atoms with Gasteiger partial charge in [0.05, 0.1) is 6.10 Å². The first-order valence-electron chi connectivity index (χ1n) is 9.78. The molecule has 5 heteroatoms. The van der Waals surface area contributed by atoms with E-state index in [4.69, 9.17) is 4.74 Å². The standard InChI is InChI=1S/C20H29N3O2/c24-20(21-12-15-10-11-23(14-15)17-8-9-17)22-13-16-4-1-2-7-19(16)25-18-5-3-6-18/h1-2,4,7,15,17-18H,3,5-6,8-14H2,(H2,21,22,24)/t15-/m0/s1. The summed E-state index contributed by atoms with van der Waals surface area (Å²) in [5.41, 5.74) is 1.05. The number of carbonyl (C=O) groups is 1. The van der Waals surface area contributed by atoms with Gasteiger partial charge in [-0.3, -0.25) is 0 Å². The third kappa shape index (κ3) is 4.46. The molecular formula is C20H29N3O2. The molecule has 1 aromatic carbocycles. The molecule has 0 bridgehead atoms. The van der Waals surface area contributed by atoms with Crippen LogP contribution in [0.15, 0.2) is 24.3 Å². The molecule has 0 unspecified atom stereocenters. The van der Waals surface area contributed by atoms with Gasteiger partial charge in [0, 0.05) is 31.2 Å². The Morgan fingerprint density at radius 3 is 2.72 bits per heavy atom. The Hall–Kier alpha value is -1.75. The number of ether oxygens (including phenoxy) is 1. The predicted molar refractivity (Wildman–Crippen MR) is 97.6 cm³/mol. The van der Waals surface area contributed by atoms with Gasteiger partial charge in [-0.25, -0.2) is 4.79 Å². The van der Waals surface area contributed by atoms with Crippen molar-refractivity contribution in [3.05, 3.63) is 29.8 Å². The topological polar surface area (TPSA) is 53.6 Å². The zero-order valence-corrected chi connectivity index (χ0v) is 14.9. The largest absolute Gasteiger partial charge is 0.490 e. The molecule has 3 fully saturated rings. The van der Waals surface area contributed by atoms with Gasteiger partial charge in [-0.2, -0.15) is 0 Å². The molecule has 1 aliphatic heterocycles. The molecule has 2 N–H and O–H groups in total. The number of urea groups is 1. The SMILES string of the molecule is O=C(NCc1ccccc1OC1CCC1)NC[C@@H]1CCN(C2CC2)C1. The monoisotopic (exact) mass is 343 g/mol. The number of carbonyl (C=O) groups excluding carboxylic acids is 1. The zero-order valence-electron chi connectivity index (χ0n) is 14.9. The number of nitrogens with one attached hydrogen (secondary N) is 2. The Kier molecular flexibility index (Phi) is 5.11. The summed E-state index contributed by atoms with van der Waals surface area (Å²) in [6.45, 7) is 3.62. The van der Waals surface area contributed by atoms with Gasteiger partial charge in [-0.1, -0.05) is 18.2 Å². The second-order valence-electron chi connectivity index (χ2n) is 7.72. The Morgan fingerprint density at radius 2 is 1.96 bits per heavy atom. The van der Waals surface area contributed by atoms with E-state index in [-0.39, 0.29) is 6.03 Å². The highest BCUT2D eigenvalue weighted by molar-refractivity contribution is 5.73. The number of nitrogens with zero attached hydrogens (tertiary/aromatic N) is 1. The average Bonchev–Trinajstić information content (AvgIpc) is 3.34. The molecule has 2 aliphatic carbocycles. The normalized spacial score (nSPS) is 23.9. The smallest absolute Gasteiger partial charge is 0.315 e. The van der Waals surface area contributed by atoms with Crippen LogP contribution < -0.4 is 15.4 Å². The van der Waals surface area contributed by atoms with E-state index in [0.717, 1.165) is 43.3 Å². The fourth-order valence-corrected chi connectivity index (χ4v) is 3.71. The van der Waals surface area contributed by atoms with E-state index in [1.54, 1.807) is 0 Å². The summed E-state index contributed by atoms with van der Waals surface area (Å²) in [5, 5.41) is 6.02. The number of hydrogen-bond donors (Lipinski definition) is 2. The van der Waals surface area contributed by atoms with Crippen LogP contribution >= 0.6 is 0 Å². The Bertz CT molecular complexity index is 598. The van der Waals surface area contributed by atoms with Gasteiger partial charge < -0.3 is 20.3 Å². The van der Waals surface area contributed by atoms with Crippen LogP contribution in [0.25, 0.3) is 0 Å². The molecule has 2 saturated carbocycles. The van der Waals surface area contributed by atoms with Crippen molar-refractivity contribution in [2.45, 2.75) is 57.2 Å². The first-order valence-corrected chi connectivity index (χ1v) is 9.78. The summed E-state index contributed by atoms with van der Waals surface area (Å²) in [4.78, 5) is 14.7. The molecule has 2 amide bonds. The third-order valence-corrected chi connectivity index (χ3v) is 5.69. The van der Waals surface area contributed by atoms with Crippen molar-refractivity contribution in [1.82, 2.24) is 15.5 Å². The zero-order chi connectivity index (χ0) is 17.1. The second-order valence-corrected chi connectivity index (χ2v) is 7.72. The molecular weight excluding hydrogens is 314 g/mol. The van der Waals surface area contributed by atoms with Crippen LogP contribution in [-0.2, 0) is 6.54 Å². The lowest BCUT2D eigenvalue weighted by atomic mass is 9.96. The van der Waals surface area contributed by atoms with Crippen molar-refractivity contribution in [1.29, 1.82) is 0 Å². The molecule has 1 heterocycles. The minimum absolute atomic E-state index is 0.0803. The number of para-hydroxylation sites is 1. The van der Waals surface area contributed by atoms with Crippen LogP contribution in [0, 0.1) is 5.92 Å². The Balaban J connectivity index is 1.19. The van der Waals surface area contributed by atoms with E-state index in [0.29, 0.717) is 18.6 Å². The molecule has 1 aromatic rings. The van der Waals surface area contributed by atoms with Crippen molar-refractivity contribution in [2.75, 3.05) is 19.6 Å². The first kappa shape index (κ1) is 16.7. The summed E-state index contributed by atoms with van der Waals surface area (Å²) in [6, 6.07) is 8.77. The molecule has 1 atom stereocenters. The molecule has 5 nitrogen and oxygen atoms in total. The molecule has 0 aromatic heterocycles. The van der Waals surface area contributed by atoms with E-state index in [9.17, 15) is 4.79 Å². The number of benzene rings is 1. The van der Waals surface area contributed by atoms with E-state index in [1.165, 1.54) is 32.2 Å². The maximum absolute atomic E-state index is 12.1. The summed E-state index contributed by atoms with van der Waals surface area (Å²) in [6.07, 6.45) is 7.82. The van der Waals surface area contributed by atoms with Gasteiger partial charge in [0.2, 0.25) is 0 Å². The first-order chi connectivity index (χ1) is 12.3.